The Bertz CT molecular complexity index is 917. The summed E-state index contributed by atoms with van der Waals surface area (Å²) in [6.45, 7) is 3.89. The van der Waals surface area contributed by atoms with Crippen LogP contribution in [0.1, 0.15) is 30.5 Å². The number of guanidine groups is 1. The van der Waals surface area contributed by atoms with Crippen molar-refractivity contribution in [2.24, 2.45) is 4.99 Å². The second-order valence-electron chi connectivity index (χ2n) is 7.03. The molecule has 0 spiro atoms. The molecule has 0 heterocycles. The second kappa shape index (κ2) is 12.5. The highest BCUT2D eigenvalue weighted by molar-refractivity contribution is 14.0. The summed E-state index contributed by atoms with van der Waals surface area (Å²) >= 11 is 0. The standard InChI is InChI=1S/C21H25F4N5O.HI/c1-13(2)29-20(31)30-17-8-4-14(5-9-17)11-27-19(26-3)28-12-15-6-7-16(22)10-18(15)21(23,24)25;/h4-10,13H,11-12H2,1-3H3,(H2,26,27,28)(H2,29,30,31);1H. The first-order valence-electron chi connectivity index (χ1n) is 9.55. The number of carbonyl (C=O) groups excluding carboxylic acids is 1. The number of benzene rings is 2. The molecule has 0 unspecified atom stereocenters. The van der Waals surface area contributed by atoms with Crippen LogP contribution >= 0.6 is 24.0 Å². The van der Waals surface area contributed by atoms with E-state index in [2.05, 4.69) is 26.3 Å². The fourth-order valence-electron chi connectivity index (χ4n) is 2.69. The van der Waals surface area contributed by atoms with Crippen LogP contribution < -0.4 is 21.3 Å². The molecule has 2 aromatic carbocycles. The third-order valence-electron chi connectivity index (χ3n) is 4.14. The Labute approximate surface area is 201 Å². The first kappa shape index (κ1) is 27.5. The third kappa shape index (κ3) is 8.89. The van der Waals surface area contributed by atoms with Crippen molar-refractivity contribution >= 4 is 41.7 Å². The third-order valence-corrected chi connectivity index (χ3v) is 4.14. The highest BCUT2D eigenvalue weighted by Crippen LogP contribution is 2.32. The van der Waals surface area contributed by atoms with Gasteiger partial charge in [-0.15, -0.1) is 24.0 Å². The molecule has 2 amide bonds. The summed E-state index contributed by atoms with van der Waals surface area (Å²) in [5.74, 6) is -0.658. The fourth-order valence-corrected chi connectivity index (χ4v) is 2.69. The highest BCUT2D eigenvalue weighted by Gasteiger charge is 2.33. The largest absolute Gasteiger partial charge is 0.416 e. The molecule has 0 saturated carbocycles. The van der Waals surface area contributed by atoms with E-state index >= 15 is 0 Å². The molecule has 176 valence electrons. The molecule has 2 aromatic rings. The average Bonchev–Trinajstić information content (AvgIpc) is 2.68. The number of carbonyl (C=O) groups is 1. The quantitative estimate of drug-likeness (QED) is 0.174. The van der Waals surface area contributed by atoms with Crippen molar-refractivity contribution in [1.29, 1.82) is 0 Å². The zero-order valence-corrected chi connectivity index (χ0v) is 20.1. The molecule has 11 heteroatoms. The van der Waals surface area contributed by atoms with Crippen LogP contribution in [-0.2, 0) is 19.3 Å². The average molecular weight is 567 g/mol. The first-order valence-corrected chi connectivity index (χ1v) is 9.55. The van der Waals surface area contributed by atoms with Gasteiger partial charge in [0.15, 0.2) is 5.96 Å². The molecular formula is C21H26F4IN5O. The number of urea groups is 1. The molecule has 0 fully saturated rings. The minimum Gasteiger partial charge on any atom is -0.352 e. The van der Waals surface area contributed by atoms with Crippen LogP contribution in [0.5, 0.6) is 0 Å². The molecule has 0 atom stereocenters. The van der Waals surface area contributed by atoms with Crippen LogP contribution in [-0.4, -0.2) is 25.1 Å². The number of hydrogen-bond acceptors (Lipinski definition) is 2. The van der Waals surface area contributed by atoms with Gasteiger partial charge < -0.3 is 21.3 Å². The van der Waals surface area contributed by atoms with Gasteiger partial charge in [0, 0.05) is 31.9 Å². The lowest BCUT2D eigenvalue weighted by Gasteiger charge is -2.16. The van der Waals surface area contributed by atoms with Gasteiger partial charge in [-0.05, 0) is 49.2 Å². The molecule has 0 radical (unpaired) electrons. The summed E-state index contributed by atoms with van der Waals surface area (Å²) in [6.07, 6.45) is -4.65. The van der Waals surface area contributed by atoms with Crippen molar-refractivity contribution in [3.05, 3.63) is 65.0 Å². The lowest BCUT2D eigenvalue weighted by Crippen LogP contribution is -2.36. The Morgan fingerprint density at radius 2 is 1.66 bits per heavy atom. The Hall–Kier alpha value is -2.57. The predicted octanol–water partition coefficient (Wildman–Crippen LogP) is 4.86. The number of nitrogens with zero attached hydrogens (tertiary/aromatic N) is 1. The van der Waals surface area contributed by atoms with Gasteiger partial charge in [0.1, 0.15) is 5.82 Å². The molecular weight excluding hydrogens is 541 g/mol. The van der Waals surface area contributed by atoms with Crippen LogP contribution in [0.3, 0.4) is 0 Å². The number of amides is 2. The van der Waals surface area contributed by atoms with E-state index < -0.39 is 17.6 Å². The molecule has 0 aliphatic heterocycles. The summed E-state index contributed by atoms with van der Waals surface area (Å²) < 4.78 is 52.5. The van der Waals surface area contributed by atoms with Gasteiger partial charge >= 0.3 is 12.2 Å². The molecule has 2 rings (SSSR count). The zero-order valence-electron chi connectivity index (χ0n) is 17.8. The number of alkyl halides is 3. The molecule has 0 aliphatic carbocycles. The molecule has 6 nitrogen and oxygen atoms in total. The highest BCUT2D eigenvalue weighted by atomic mass is 127. The van der Waals surface area contributed by atoms with Crippen LogP contribution in [0.4, 0.5) is 28.0 Å². The Balaban J connectivity index is 0.00000512. The molecule has 0 aromatic heterocycles. The van der Waals surface area contributed by atoms with Crippen LogP contribution in [0.15, 0.2) is 47.5 Å². The summed E-state index contributed by atoms with van der Waals surface area (Å²) in [7, 11) is 1.49. The molecule has 4 N–H and O–H groups in total. The van der Waals surface area contributed by atoms with Crippen molar-refractivity contribution < 1.29 is 22.4 Å². The maximum absolute atomic E-state index is 13.2. The van der Waals surface area contributed by atoms with Crippen molar-refractivity contribution in [3.63, 3.8) is 0 Å². The van der Waals surface area contributed by atoms with Gasteiger partial charge in [-0.1, -0.05) is 18.2 Å². The first-order chi connectivity index (χ1) is 14.6. The minimum atomic E-state index is -4.65. The number of hydrogen-bond donors (Lipinski definition) is 4. The molecule has 32 heavy (non-hydrogen) atoms. The normalized spacial score (nSPS) is 11.6. The lowest BCUT2D eigenvalue weighted by molar-refractivity contribution is -0.138. The van der Waals surface area contributed by atoms with E-state index in [1.54, 1.807) is 24.3 Å². The summed E-state index contributed by atoms with van der Waals surface area (Å²) in [6, 6.07) is 9.35. The zero-order chi connectivity index (χ0) is 23.0. The smallest absolute Gasteiger partial charge is 0.352 e. The Morgan fingerprint density at radius 3 is 2.22 bits per heavy atom. The summed E-state index contributed by atoms with van der Waals surface area (Å²) in [5, 5.41) is 11.2. The molecule has 0 aliphatic rings. The van der Waals surface area contributed by atoms with Crippen LogP contribution in [0.2, 0.25) is 0 Å². The van der Waals surface area contributed by atoms with E-state index in [1.165, 1.54) is 7.05 Å². The van der Waals surface area contributed by atoms with Crippen LogP contribution in [0, 0.1) is 5.82 Å². The van der Waals surface area contributed by atoms with Gasteiger partial charge in [0.05, 0.1) is 5.56 Å². The Morgan fingerprint density at radius 1 is 1.03 bits per heavy atom. The van der Waals surface area contributed by atoms with E-state index in [4.69, 9.17) is 0 Å². The Kier molecular flexibility index (Phi) is 10.7. The van der Waals surface area contributed by atoms with Gasteiger partial charge in [0.2, 0.25) is 0 Å². The summed E-state index contributed by atoms with van der Waals surface area (Å²) in [4.78, 5) is 15.7. The van der Waals surface area contributed by atoms with Crippen molar-refractivity contribution in [1.82, 2.24) is 16.0 Å². The van der Waals surface area contributed by atoms with Gasteiger partial charge in [0.25, 0.3) is 0 Å². The predicted molar refractivity (Wildman–Crippen MR) is 128 cm³/mol. The van der Waals surface area contributed by atoms with Crippen molar-refractivity contribution in [2.45, 2.75) is 39.2 Å². The number of halogens is 5. The van der Waals surface area contributed by atoms with Crippen molar-refractivity contribution in [2.75, 3.05) is 12.4 Å². The monoisotopic (exact) mass is 567 g/mol. The topological polar surface area (TPSA) is 77.5 Å². The van der Waals surface area contributed by atoms with Gasteiger partial charge in [-0.3, -0.25) is 4.99 Å². The summed E-state index contributed by atoms with van der Waals surface area (Å²) in [5.41, 5.74) is 0.378. The van der Waals surface area contributed by atoms with Gasteiger partial charge in [-0.2, -0.15) is 13.2 Å². The van der Waals surface area contributed by atoms with Crippen LogP contribution in [0.25, 0.3) is 0 Å². The minimum absolute atomic E-state index is 0. The SMILES string of the molecule is CN=C(NCc1ccc(NC(=O)NC(C)C)cc1)NCc1ccc(F)cc1C(F)(F)F.I. The maximum atomic E-state index is 13.2. The van der Waals surface area contributed by atoms with E-state index in [0.29, 0.717) is 18.3 Å². The lowest BCUT2D eigenvalue weighted by atomic mass is 10.1. The number of anilines is 1. The maximum Gasteiger partial charge on any atom is 0.416 e. The van der Waals surface area contributed by atoms with E-state index in [-0.39, 0.29) is 54.1 Å². The number of rotatable bonds is 6. The number of nitrogens with one attached hydrogen (secondary N) is 4. The fraction of sp³-hybridized carbons (Fsp3) is 0.333. The number of aliphatic imine (C=N–C) groups is 1. The van der Waals surface area contributed by atoms with Crippen molar-refractivity contribution in [3.8, 4) is 0 Å². The second-order valence-corrected chi connectivity index (χ2v) is 7.03. The van der Waals surface area contributed by atoms with E-state index in [9.17, 15) is 22.4 Å². The van der Waals surface area contributed by atoms with E-state index in [1.807, 2.05) is 13.8 Å². The molecule has 0 saturated heterocycles. The van der Waals surface area contributed by atoms with E-state index in [0.717, 1.165) is 17.7 Å². The van der Waals surface area contributed by atoms with Gasteiger partial charge in [-0.25, -0.2) is 9.18 Å². The molecule has 0 bridgehead atoms.